The molecule has 1 N–H and O–H groups in total. The summed E-state index contributed by atoms with van der Waals surface area (Å²) in [6.07, 6.45) is 5.62. The third-order valence-electron chi connectivity index (χ3n) is 4.28. The molecule has 112 valence electrons. The number of nitrogens with zero attached hydrogens (tertiary/aromatic N) is 1. The van der Waals surface area contributed by atoms with Gasteiger partial charge in [-0.05, 0) is 43.0 Å². The highest BCUT2D eigenvalue weighted by atomic mass is 15.1. The first-order chi connectivity index (χ1) is 9.75. The maximum atomic E-state index is 3.58. The fourth-order valence-electron chi connectivity index (χ4n) is 2.85. The molecule has 1 aromatic rings. The van der Waals surface area contributed by atoms with E-state index in [1.54, 1.807) is 0 Å². The van der Waals surface area contributed by atoms with Gasteiger partial charge in [0.25, 0.3) is 0 Å². The molecule has 2 heteroatoms. The fourth-order valence-corrected chi connectivity index (χ4v) is 2.85. The van der Waals surface area contributed by atoms with Gasteiger partial charge in [-0.25, -0.2) is 0 Å². The lowest BCUT2D eigenvalue weighted by molar-refractivity contribution is 0.284. The van der Waals surface area contributed by atoms with Gasteiger partial charge in [0, 0.05) is 19.6 Å². The molecule has 0 aliphatic carbocycles. The predicted octanol–water partition coefficient (Wildman–Crippen LogP) is 3.78. The molecule has 0 atom stereocenters. The Kier molecular flexibility index (Phi) is 6.55. The summed E-state index contributed by atoms with van der Waals surface area (Å²) in [7, 11) is 0. The number of benzene rings is 1. The van der Waals surface area contributed by atoms with Gasteiger partial charge in [-0.1, -0.05) is 51.0 Å². The van der Waals surface area contributed by atoms with E-state index >= 15 is 0 Å². The summed E-state index contributed by atoms with van der Waals surface area (Å²) >= 11 is 0. The number of hydrogen-bond donors (Lipinski definition) is 1. The second-order valence-corrected chi connectivity index (χ2v) is 6.33. The largest absolute Gasteiger partial charge is 0.311 e. The molecule has 1 aromatic carbocycles. The number of rotatable bonds is 6. The second-order valence-electron chi connectivity index (χ2n) is 6.33. The molecular formula is C18H30N2. The van der Waals surface area contributed by atoms with Crippen LogP contribution >= 0.6 is 0 Å². The first kappa shape index (κ1) is 15.5. The lowest BCUT2D eigenvalue weighted by Gasteiger charge is -2.19. The van der Waals surface area contributed by atoms with Crippen molar-refractivity contribution in [3.63, 3.8) is 0 Å². The van der Waals surface area contributed by atoms with E-state index in [-0.39, 0.29) is 0 Å². The van der Waals surface area contributed by atoms with Crippen molar-refractivity contribution in [3.05, 3.63) is 35.4 Å². The zero-order valence-corrected chi connectivity index (χ0v) is 13.2. The Labute approximate surface area is 124 Å². The van der Waals surface area contributed by atoms with Crippen LogP contribution in [0.15, 0.2) is 24.3 Å². The quantitative estimate of drug-likeness (QED) is 0.794. The van der Waals surface area contributed by atoms with E-state index in [0.717, 1.165) is 13.1 Å². The Morgan fingerprint density at radius 1 is 1.00 bits per heavy atom. The average Bonchev–Trinajstić information content (AvgIpc) is 2.73. The van der Waals surface area contributed by atoms with E-state index in [9.17, 15) is 0 Å². The Hall–Kier alpha value is -0.860. The van der Waals surface area contributed by atoms with Gasteiger partial charge >= 0.3 is 0 Å². The van der Waals surface area contributed by atoms with E-state index < -0.39 is 0 Å². The lowest BCUT2D eigenvalue weighted by Crippen LogP contribution is -2.32. The highest BCUT2D eigenvalue weighted by Crippen LogP contribution is 2.14. The zero-order chi connectivity index (χ0) is 14.2. The van der Waals surface area contributed by atoms with Gasteiger partial charge in [-0.3, -0.25) is 0 Å². The van der Waals surface area contributed by atoms with Crippen molar-refractivity contribution in [3.8, 4) is 0 Å². The van der Waals surface area contributed by atoms with Crippen LogP contribution in [0.4, 0.5) is 0 Å². The zero-order valence-electron chi connectivity index (χ0n) is 13.2. The van der Waals surface area contributed by atoms with Gasteiger partial charge in [-0.2, -0.15) is 0 Å². The van der Waals surface area contributed by atoms with Crippen LogP contribution < -0.4 is 5.32 Å². The summed E-state index contributed by atoms with van der Waals surface area (Å²) in [5.41, 5.74) is 2.82. The molecule has 1 heterocycles. The van der Waals surface area contributed by atoms with Crippen molar-refractivity contribution in [2.75, 3.05) is 26.2 Å². The average molecular weight is 274 g/mol. The molecule has 0 spiro atoms. The first-order valence-corrected chi connectivity index (χ1v) is 8.27. The fraction of sp³-hybridized carbons (Fsp3) is 0.667. The maximum Gasteiger partial charge on any atom is 0.0206 e. The van der Waals surface area contributed by atoms with Crippen LogP contribution in [0.3, 0.4) is 0 Å². The third-order valence-corrected chi connectivity index (χ3v) is 4.28. The van der Waals surface area contributed by atoms with Crippen molar-refractivity contribution in [1.82, 2.24) is 10.2 Å². The van der Waals surface area contributed by atoms with Crippen molar-refractivity contribution in [2.24, 2.45) is 0 Å². The standard InChI is InChI=1S/C18H30N2/c1-16(2)18-9-7-17(8-10-18)15-19-11-14-20-12-5-3-4-6-13-20/h7-10,16,19H,3-6,11-15H2,1-2H3. The van der Waals surface area contributed by atoms with Gasteiger partial charge in [0.2, 0.25) is 0 Å². The van der Waals surface area contributed by atoms with Crippen LogP contribution in [0.2, 0.25) is 0 Å². The third kappa shape index (κ3) is 5.26. The lowest BCUT2D eigenvalue weighted by atomic mass is 10.0. The van der Waals surface area contributed by atoms with E-state index in [1.165, 1.54) is 56.4 Å². The van der Waals surface area contributed by atoms with Gasteiger partial charge in [0.15, 0.2) is 0 Å². The van der Waals surface area contributed by atoms with E-state index in [4.69, 9.17) is 0 Å². The minimum absolute atomic E-state index is 0.625. The summed E-state index contributed by atoms with van der Waals surface area (Å²) in [5, 5.41) is 3.58. The summed E-state index contributed by atoms with van der Waals surface area (Å²) in [6, 6.07) is 9.04. The van der Waals surface area contributed by atoms with Crippen LogP contribution in [-0.4, -0.2) is 31.1 Å². The van der Waals surface area contributed by atoms with Crippen LogP contribution in [0.5, 0.6) is 0 Å². The number of nitrogens with one attached hydrogen (secondary N) is 1. The van der Waals surface area contributed by atoms with Crippen LogP contribution in [0.25, 0.3) is 0 Å². The SMILES string of the molecule is CC(C)c1ccc(CNCCN2CCCCCC2)cc1. The first-order valence-electron chi connectivity index (χ1n) is 8.27. The highest BCUT2D eigenvalue weighted by molar-refractivity contribution is 5.24. The Bertz CT molecular complexity index is 362. The molecule has 2 rings (SSSR count). The molecule has 20 heavy (non-hydrogen) atoms. The van der Waals surface area contributed by atoms with E-state index in [1.807, 2.05) is 0 Å². The molecule has 2 nitrogen and oxygen atoms in total. The Morgan fingerprint density at radius 2 is 1.65 bits per heavy atom. The predicted molar refractivity (Wildman–Crippen MR) is 87.1 cm³/mol. The van der Waals surface area contributed by atoms with Crippen molar-refractivity contribution >= 4 is 0 Å². The molecule has 0 saturated carbocycles. The summed E-state index contributed by atoms with van der Waals surface area (Å²) in [4.78, 5) is 2.61. The van der Waals surface area contributed by atoms with Gasteiger partial charge < -0.3 is 10.2 Å². The molecule has 1 saturated heterocycles. The summed E-state index contributed by atoms with van der Waals surface area (Å²) in [5.74, 6) is 0.625. The normalized spacial score (nSPS) is 17.4. The minimum atomic E-state index is 0.625. The number of hydrogen-bond acceptors (Lipinski definition) is 2. The van der Waals surface area contributed by atoms with E-state index in [0.29, 0.717) is 5.92 Å². The molecule has 0 amide bonds. The van der Waals surface area contributed by atoms with Crippen LogP contribution in [0.1, 0.15) is 56.6 Å². The summed E-state index contributed by atoms with van der Waals surface area (Å²) < 4.78 is 0. The molecule has 0 radical (unpaired) electrons. The highest BCUT2D eigenvalue weighted by Gasteiger charge is 2.07. The molecule has 1 aliphatic rings. The maximum absolute atomic E-state index is 3.58. The van der Waals surface area contributed by atoms with Crippen molar-refractivity contribution in [1.29, 1.82) is 0 Å². The molecule has 0 unspecified atom stereocenters. The summed E-state index contributed by atoms with van der Waals surface area (Å²) in [6.45, 7) is 10.4. The van der Waals surface area contributed by atoms with Crippen LogP contribution in [-0.2, 0) is 6.54 Å². The van der Waals surface area contributed by atoms with Gasteiger partial charge in [0.05, 0.1) is 0 Å². The number of likely N-dealkylation sites (tertiary alicyclic amines) is 1. The van der Waals surface area contributed by atoms with E-state index in [2.05, 4.69) is 48.3 Å². The van der Waals surface area contributed by atoms with Crippen molar-refractivity contribution < 1.29 is 0 Å². The van der Waals surface area contributed by atoms with Gasteiger partial charge in [0.1, 0.15) is 0 Å². The molecular weight excluding hydrogens is 244 g/mol. The van der Waals surface area contributed by atoms with Crippen LogP contribution in [0, 0.1) is 0 Å². The van der Waals surface area contributed by atoms with Gasteiger partial charge in [-0.15, -0.1) is 0 Å². The second kappa shape index (κ2) is 8.43. The molecule has 1 fully saturated rings. The topological polar surface area (TPSA) is 15.3 Å². The Morgan fingerprint density at radius 3 is 2.25 bits per heavy atom. The molecule has 0 aromatic heterocycles. The van der Waals surface area contributed by atoms with Crippen molar-refractivity contribution in [2.45, 2.75) is 52.0 Å². The Balaban J connectivity index is 1.65. The molecule has 1 aliphatic heterocycles. The molecule has 0 bridgehead atoms. The monoisotopic (exact) mass is 274 g/mol. The minimum Gasteiger partial charge on any atom is -0.311 e. The smallest absolute Gasteiger partial charge is 0.0206 e.